The van der Waals surface area contributed by atoms with Crippen LogP contribution in [0.15, 0.2) is 47.2 Å². The maximum absolute atomic E-state index is 11.8. The van der Waals surface area contributed by atoms with Gasteiger partial charge in [-0.25, -0.2) is 4.79 Å². The zero-order valence-corrected chi connectivity index (χ0v) is 11.6. The van der Waals surface area contributed by atoms with Gasteiger partial charge in [-0.1, -0.05) is 39.7 Å². The molecule has 92 valence electrons. The third-order valence-electron chi connectivity index (χ3n) is 2.25. The lowest BCUT2D eigenvalue weighted by atomic mass is 10.2. The summed E-state index contributed by atoms with van der Waals surface area (Å²) < 4.78 is 6.11. The molecule has 2 rings (SSSR count). The van der Waals surface area contributed by atoms with Crippen molar-refractivity contribution in [2.75, 3.05) is 0 Å². The number of pyridine rings is 1. The van der Waals surface area contributed by atoms with Crippen LogP contribution in [0.1, 0.15) is 15.9 Å². The Bertz CT molecular complexity index is 574. The van der Waals surface area contributed by atoms with E-state index in [-0.39, 0.29) is 12.2 Å². The molecule has 0 aliphatic heterocycles. The summed E-state index contributed by atoms with van der Waals surface area (Å²) in [5, 5.41) is 0.337. The van der Waals surface area contributed by atoms with Gasteiger partial charge in [0, 0.05) is 16.9 Å². The number of hydrogen-bond donors (Lipinski definition) is 0. The van der Waals surface area contributed by atoms with E-state index in [9.17, 15) is 4.79 Å². The highest BCUT2D eigenvalue weighted by Gasteiger charge is 2.11. The molecule has 0 aliphatic rings. The Hall–Kier alpha value is -1.39. The van der Waals surface area contributed by atoms with Crippen LogP contribution < -0.4 is 0 Å². The first-order valence-corrected chi connectivity index (χ1v) is 6.35. The summed E-state index contributed by atoms with van der Waals surface area (Å²) in [4.78, 5) is 15.6. The SMILES string of the molecule is O=C(OCc1cccc(Br)c1)c1cnccc1Cl. The van der Waals surface area contributed by atoms with Crippen LogP contribution in [0.4, 0.5) is 0 Å². The van der Waals surface area contributed by atoms with Crippen molar-refractivity contribution in [3.63, 3.8) is 0 Å². The molecule has 0 saturated carbocycles. The van der Waals surface area contributed by atoms with Gasteiger partial charge in [0.1, 0.15) is 6.61 Å². The molecule has 0 radical (unpaired) electrons. The second kappa shape index (κ2) is 5.98. The van der Waals surface area contributed by atoms with E-state index in [1.165, 1.54) is 12.4 Å². The molecule has 2 aromatic rings. The van der Waals surface area contributed by atoms with E-state index in [1.54, 1.807) is 6.07 Å². The van der Waals surface area contributed by atoms with Gasteiger partial charge in [-0.2, -0.15) is 0 Å². The number of esters is 1. The number of hydrogen-bond acceptors (Lipinski definition) is 3. The summed E-state index contributed by atoms with van der Waals surface area (Å²) in [6, 6.07) is 9.10. The van der Waals surface area contributed by atoms with Gasteiger partial charge in [0.15, 0.2) is 0 Å². The third-order valence-corrected chi connectivity index (χ3v) is 3.07. The first-order valence-electron chi connectivity index (χ1n) is 5.18. The first-order chi connectivity index (χ1) is 8.66. The van der Waals surface area contributed by atoms with E-state index >= 15 is 0 Å². The predicted octanol–water partition coefficient (Wildman–Crippen LogP) is 3.85. The molecule has 1 heterocycles. The molecule has 0 atom stereocenters. The molecule has 0 bridgehead atoms. The molecule has 18 heavy (non-hydrogen) atoms. The number of carbonyl (C=O) groups excluding carboxylic acids is 1. The summed E-state index contributed by atoms with van der Waals surface area (Å²) in [6.07, 6.45) is 2.92. The van der Waals surface area contributed by atoms with Gasteiger partial charge >= 0.3 is 5.97 Å². The largest absolute Gasteiger partial charge is 0.457 e. The third kappa shape index (κ3) is 3.31. The highest BCUT2D eigenvalue weighted by atomic mass is 79.9. The van der Waals surface area contributed by atoms with E-state index in [0.717, 1.165) is 10.0 Å². The van der Waals surface area contributed by atoms with Crippen LogP contribution in [0.2, 0.25) is 5.02 Å². The average molecular weight is 327 g/mol. The molecular weight excluding hydrogens is 318 g/mol. The normalized spacial score (nSPS) is 10.1. The second-order valence-corrected chi connectivity index (χ2v) is 4.88. The quantitative estimate of drug-likeness (QED) is 0.804. The number of aromatic nitrogens is 1. The van der Waals surface area contributed by atoms with Crippen molar-refractivity contribution in [2.24, 2.45) is 0 Å². The highest BCUT2D eigenvalue weighted by Crippen LogP contribution is 2.16. The average Bonchev–Trinajstić information content (AvgIpc) is 2.37. The Balaban J connectivity index is 2.03. The van der Waals surface area contributed by atoms with Gasteiger partial charge < -0.3 is 4.74 Å². The fourth-order valence-electron chi connectivity index (χ4n) is 1.38. The molecule has 0 N–H and O–H groups in total. The van der Waals surface area contributed by atoms with Gasteiger partial charge in [-0.05, 0) is 23.8 Å². The Morgan fingerprint density at radius 2 is 2.22 bits per heavy atom. The monoisotopic (exact) mass is 325 g/mol. The maximum Gasteiger partial charge on any atom is 0.341 e. The van der Waals surface area contributed by atoms with Crippen LogP contribution in [0.5, 0.6) is 0 Å². The van der Waals surface area contributed by atoms with Crippen molar-refractivity contribution >= 4 is 33.5 Å². The van der Waals surface area contributed by atoms with Gasteiger partial charge in [-0.3, -0.25) is 4.98 Å². The zero-order valence-electron chi connectivity index (χ0n) is 9.27. The molecule has 1 aromatic carbocycles. The Kier molecular flexibility index (Phi) is 4.33. The Morgan fingerprint density at radius 1 is 1.39 bits per heavy atom. The number of carbonyl (C=O) groups is 1. The topological polar surface area (TPSA) is 39.2 Å². The minimum Gasteiger partial charge on any atom is -0.457 e. The zero-order chi connectivity index (χ0) is 13.0. The number of nitrogens with zero attached hydrogens (tertiary/aromatic N) is 1. The standard InChI is InChI=1S/C13H9BrClNO2/c14-10-3-1-2-9(6-10)8-18-13(17)11-7-16-5-4-12(11)15/h1-7H,8H2. The van der Waals surface area contributed by atoms with Crippen molar-refractivity contribution in [2.45, 2.75) is 6.61 Å². The number of halogens is 2. The maximum atomic E-state index is 11.8. The summed E-state index contributed by atoms with van der Waals surface area (Å²) in [6.45, 7) is 0.198. The molecule has 0 spiro atoms. The molecule has 0 unspecified atom stereocenters. The van der Waals surface area contributed by atoms with Crippen LogP contribution in [-0.4, -0.2) is 11.0 Å². The van der Waals surface area contributed by atoms with Gasteiger partial charge in [0.05, 0.1) is 10.6 Å². The van der Waals surface area contributed by atoms with Crippen LogP contribution >= 0.6 is 27.5 Å². The van der Waals surface area contributed by atoms with Crippen molar-refractivity contribution in [3.05, 3.63) is 63.3 Å². The van der Waals surface area contributed by atoms with E-state index in [2.05, 4.69) is 20.9 Å². The summed E-state index contributed by atoms with van der Waals surface area (Å²) in [5.74, 6) is -0.479. The van der Waals surface area contributed by atoms with E-state index in [0.29, 0.717) is 5.02 Å². The van der Waals surface area contributed by atoms with Crippen LogP contribution in [0.25, 0.3) is 0 Å². The molecule has 0 aliphatic carbocycles. The molecular formula is C13H9BrClNO2. The smallest absolute Gasteiger partial charge is 0.341 e. The number of rotatable bonds is 3. The first kappa shape index (κ1) is 13.1. The van der Waals surface area contributed by atoms with Crippen molar-refractivity contribution < 1.29 is 9.53 Å². The lowest BCUT2D eigenvalue weighted by Crippen LogP contribution is -2.06. The summed E-state index contributed by atoms with van der Waals surface area (Å²) in [7, 11) is 0. The summed E-state index contributed by atoms with van der Waals surface area (Å²) in [5.41, 5.74) is 1.17. The molecule has 1 aromatic heterocycles. The molecule has 3 nitrogen and oxygen atoms in total. The Morgan fingerprint density at radius 3 is 2.94 bits per heavy atom. The van der Waals surface area contributed by atoms with Gasteiger partial charge in [-0.15, -0.1) is 0 Å². The van der Waals surface area contributed by atoms with Crippen molar-refractivity contribution in [3.8, 4) is 0 Å². The van der Waals surface area contributed by atoms with Gasteiger partial charge in [0.25, 0.3) is 0 Å². The van der Waals surface area contributed by atoms with E-state index < -0.39 is 5.97 Å². The van der Waals surface area contributed by atoms with Gasteiger partial charge in [0.2, 0.25) is 0 Å². The number of ether oxygens (including phenoxy) is 1. The molecule has 0 saturated heterocycles. The van der Waals surface area contributed by atoms with Crippen LogP contribution in [-0.2, 0) is 11.3 Å². The van der Waals surface area contributed by atoms with Crippen molar-refractivity contribution in [1.29, 1.82) is 0 Å². The molecule has 5 heteroatoms. The highest BCUT2D eigenvalue weighted by molar-refractivity contribution is 9.10. The second-order valence-electron chi connectivity index (χ2n) is 3.56. The minimum absolute atomic E-state index is 0.198. The lowest BCUT2D eigenvalue weighted by Gasteiger charge is -2.06. The van der Waals surface area contributed by atoms with E-state index in [1.807, 2.05) is 24.3 Å². The minimum atomic E-state index is -0.479. The van der Waals surface area contributed by atoms with Crippen LogP contribution in [0.3, 0.4) is 0 Å². The fraction of sp³-hybridized carbons (Fsp3) is 0.0769. The summed E-state index contributed by atoms with van der Waals surface area (Å²) >= 11 is 9.23. The lowest BCUT2D eigenvalue weighted by molar-refractivity contribution is 0.0472. The molecule has 0 fully saturated rings. The Labute approximate surface area is 118 Å². The fourth-order valence-corrected chi connectivity index (χ4v) is 2.01. The predicted molar refractivity (Wildman–Crippen MR) is 72.5 cm³/mol. The van der Waals surface area contributed by atoms with Crippen LogP contribution in [0, 0.1) is 0 Å². The van der Waals surface area contributed by atoms with Crippen molar-refractivity contribution in [1.82, 2.24) is 4.98 Å². The van der Waals surface area contributed by atoms with E-state index in [4.69, 9.17) is 16.3 Å². The number of benzene rings is 1. The molecule has 0 amide bonds.